The molecule has 94 valence electrons. The Bertz CT molecular complexity index is 394. The van der Waals surface area contributed by atoms with Crippen LogP contribution in [-0.2, 0) is 5.41 Å². The fourth-order valence-corrected chi connectivity index (χ4v) is 1.19. The molecule has 1 aromatic rings. The lowest BCUT2D eigenvalue weighted by atomic mass is 9.96. The van der Waals surface area contributed by atoms with Gasteiger partial charge in [0, 0.05) is 18.5 Å². The smallest absolute Gasteiger partial charge is 0.219 e. The lowest BCUT2D eigenvalue weighted by Crippen LogP contribution is -2.17. The molecule has 0 radical (unpaired) electrons. The summed E-state index contributed by atoms with van der Waals surface area (Å²) in [7, 11) is 1.84. The average molecular weight is 235 g/mol. The minimum Gasteiger partial charge on any atom is -0.473 e. The van der Waals surface area contributed by atoms with Crippen molar-refractivity contribution in [2.24, 2.45) is 0 Å². The molecule has 0 amide bonds. The molecule has 1 rings (SSSR count). The number of hydrogen-bond donors (Lipinski definition) is 1. The van der Waals surface area contributed by atoms with E-state index in [1.54, 1.807) is 6.07 Å². The van der Waals surface area contributed by atoms with E-state index in [1.165, 1.54) is 0 Å². The van der Waals surface area contributed by atoms with Crippen LogP contribution in [0.5, 0.6) is 5.88 Å². The lowest BCUT2D eigenvalue weighted by molar-refractivity contribution is 0.343. The molecule has 1 N–H and O–H groups in total. The summed E-state index contributed by atoms with van der Waals surface area (Å²) in [6.45, 7) is 8.73. The number of rotatable bonds is 4. The van der Waals surface area contributed by atoms with Gasteiger partial charge in [-0.2, -0.15) is 4.98 Å². The number of nitrogens with one attached hydrogen (secondary N) is 1. The minimum atomic E-state index is -0.0917. The van der Waals surface area contributed by atoms with Crippen LogP contribution in [0.25, 0.3) is 0 Å². The third kappa shape index (κ3) is 4.06. The van der Waals surface area contributed by atoms with Gasteiger partial charge in [0.2, 0.25) is 5.88 Å². The Balaban J connectivity index is 2.97. The molecule has 0 unspecified atom stereocenters. The van der Waals surface area contributed by atoms with Crippen molar-refractivity contribution in [2.75, 3.05) is 19.0 Å². The van der Waals surface area contributed by atoms with Gasteiger partial charge in [-0.25, -0.2) is 4.98 Å². The Hall–Kier alpha value is -1.58. The molecule has 0 aliphatic rings. The highest BCUT2D eigenvalue weighted by Crippen LogP contribution is 2.23. The first-order valence-corrected chi connectivity index (χ1v) is 5.78. The van der Waals surface area contributed by atoms with Gasteiger partial charge in [-0.3, -0.25) is 0 Å². The summed E-state index contributed by atoms with van der Waals surface area (Å²) in [6, 6.07) is 1.80. The Labute approximate surface area is 103 Å². The zero-order valence-corrected chi connectivity index (χ0v) is 11.2. The minimum absolute atomic E-state index is 0.0917. The van der Waals surface area contributed by atoms with Gasteiger partial charge in [0.1, 0.15) is 18.2 Å². The highest BCUT2D eigenvalue weighted by atomic mass is 16.5. The molecule has 1 aromatic heterocycles. The van der Waals surface area contributed by atoms with Gasteiger partial charge in [-0.1, -0.05) is 32.9 Å². The molecule has 0 bridgehead atoms. The van der Waals surface area contributed by atoms with E-state index in [4.69, 9.17) is 4.74 Å². The third-order valence-corrected chi connectivity index (χ3v) is 2.19. The zero-order valence-electron chi connectivity index (χ0n) is 11.2. The van der Waals surface area contributed by atoms with Crippen molar-refractivity contribution in [3.05, 3.63) is 24.0 Å². The predicted octanol–water partition coefficient (Wildman–Crippen LogP) is 2.77. The monoisotopic (exact) mass is 235 g/mol. The lowest BCUT2D eigenvalue weighted by Gasteiger charge is -2.18. The standard InChI is InChI=1S/C13H21N3O/c1-6-7-8-17-11-9-10(14-5)15-12(16-11)13(2,3)4/h6-7,9H,8H2,1-5H3,(H,14,15,16)/b7-6+. The molecule has 0 aromatic carbocycles. The SMILES string of the molecule is C/C=C/COc1cc(NC)nc(C(C)(C)C)n1. The highest BCUT2D eigenvalue weighted by Gasteiger charge is 2.19. The van der Waals surface area contributed by atoms with Crippen LogP contribution in [0.3, 0.4) is 0 Å². The first-order valence-electron chi connectivity index (χ1n) is 5.78. The van der Waals surface area contributed by atoms with E-state index in [1.807, 2.05) is 26.1 Å². The van der Waals surface area contributed by atoms with Gasteiger partial charge in [0.05, 0.1) is 0 Å². The van der Waals surface area contributed by atoms with Crippen molar-refractivity contribution < 1.29 is 4.74 Å². The van der Waals surface area contributed by atoms with E-state index >= 15 is 0 Å². The van der Waals surface area contributed by atoms with Crippen molar-refractivity contribution in [3.8, 4) is 5.88 Å². The molecular formula is C13H21N3O. The van der Waals surface area contributed by atoms with Crippen molar-refractivity contribution in [1.29, 1.82) is 0 Å². The van der Waals surface area contributed by atoms with E-state index in [2.05, 4.69) is 36.1 Å². The number of ether oxygens (including phenoxy) is 1. The van der Waals surface area contributed by atoms with E-state index in [0.717, 1.165) is 11.6 Å². The zero-order chi connectivity index (χ0) is 12.9. The third-order valence-electron chi connectivity index (χ3n) is 2.19. The molecule has 0 atom stereocenters. The largest absolute Gasteiger partial charge is 0.473 e. The van der Waals surface area contributed by atoms with E-state index < -0.39 is 0 Å². The normalized spacial score (nSPS) is 11.8. The van der Waals surface area contributed by atoms with Crippen molar-refractivity contribution >= 4 is 5.82 Å². The van der Waals surface area contributed by atoms with Crippen molar-refractivity contribution in [1.82, 2.24) is 9.97 Å². The van der Waals surface area contributed by atoms with E-state index in [-0.39, 0.29) is 5.41 Å². The summed E-state index contributed by atoms with van der Waals surface area (Å²) in [5.41, 5.74) is -0.0917. The second-order valence-corrected chi connectivity index (χ2v) is 4.80. The summed E-state index contributed by atoms with van der Waals surface area (Å²) >= 11 is 0. The number of anilines is 1. The topological polar surface area (TPSA) is 47.0 Å². The molecule has 1 heterocycles. The summed E-state index contributed by atoms with van der Waals surface area (Å²) in [4.78, 5) is 8.85. The Morgan fingerprint density at radius 2 is 2.06 bits per heavy atom. The van der Waals surface area contributed by atoms with Crippen LogP contribution in [0.4, 0.5) is 5.82 Å². The van der Waals surface area contributed by atoms with Crippen LogP contribution >= 0.6 is 0 Å². The number of hydrogen-bond acceptors (Lipinski definition) is 4. The Morgan fingerprint density at radius 3 is 2.59 bits per heavy atom. The summed E-state index contributed by atoms with van der Waals surface area (Å²) in [6.07, 6.45) is 3.89. The maximum atomic E-state index is 5.55. The molecule has 0 aliphatic heterocycles. The second kappa shape index (κ2) is 5.66. The maximum Gasteiger partial charge on any atom is 0.219 e. The maximum absolute atomic E-state index is 5.55. The van der Waals surface area contributed by atoms with Crippen LogP contribution in [0, 0.1) is 0 Å². The predicted molar refractivity (Wildman–Crippen MR) is 70.6 cm³/mol. The molecular weight excluding hydrogens is 214 g/mol. The van der Waals surface area contributed by atoms with Crippen LogP contribution in [0.2, 0.25) is 0 Å². The molecule has 17 heavy (non-hydrogen) atoms. The number of allylic oxidation sites excluding steroid dienone is 1. The van der Waals surface area contributed by atoms with Gasteiger partial charge in [-0.15, -0.1) is 0 Å². The molecule has 0 spiro atoms. The quantitative estimate of drug-likeness (QED) is 0.815. The van der Waals surface area contributed by atoms with Crippen molar-refractivity contribution in [3.63, 3.8) is 0 Å². The van der Waals surface area contributed by atoms with Crippen LogP contribution in [-0.4, -0.2) is 23.6 Å². The first kappa shape index (κ1) is 13.5. The van der Waals surface area contributed by atoms with Gasteiger partial charge in [0.25, 0.3) is 0 Å². The molecule has 0 aliphatic carbocycles. The van der Waals surface area contributed by atoms with Gasteiger partial charge >= 0.3 is 0 Å². The van der Waals surface area contributed by atoms with Gasteiger partial charge in [0.15, 0.2) is 0 Å². The molecule has 0 saturated carbocycles. The Kier molecular flexibility index (Phi) is 4.49. The van der Waals surface area contributed by atoms with Crippen LogP contribution in [0.1, 0.15) is 33.5 Å². The Morgan fingerprint density at radius 1 is 1.35 bits per heavy atom. The summed E-state index contributed by atoms with van der Waals surface area (Å²) in [5, 5.41) is 3.02. The summed E-state index contributed by atoms with van der Waals surface area (Å²) in [5.74, 6) is 2.16. The van der Waals surface area contributed by atoms with E-state index in [9.17, 15) is 0 Å². The van der Waals surface area contributed by atoms with Gasteiger partial charge in [-0.05, 0) is 6.92 Å². The summed E-state index contributed by atoms with van der Waals surface area (Å²) < 4.78 is 5.55. The fraction of sp³-hybridized carbons (Fsp3) is 0.538. The van der Waals surface area contributed by atoms with Crippen molar-refractivity contribution in [2.45, 2.75) is 33.1 Å². The first-order chi connectivity index (χ1) is 7.97. The molecule has 0 saturated heterocycles. The number of aromatic nitrogens is 2. The molecule has 0 fully saturated rings. The molecule has 4 nitrogen and oxygen atoms in total. The average Bonchev–Trinajstić information content (AvgIpc) is 2.28. The van der Waals surface area contributed by atoms with Gasteiger partial charge < -0.3 is 10.1 Å². The fourth-order valence-electron chi connectivity index (χ4n) is 1.19. The number of nitrogens with zero attached hydrogens (tertiary/aromatic N) is 2. The van der Waals surface area contributed by atoms with Crippen LogP contribution in [0.15, 0.2) is 18.2 Å². The van der Waals surface area contributed by atoms with E-state index in [0.29, 0.717) is 12.5 Å². The second-order valence-electron chi connectivity index (χ2n) is 4.80. The highest BCUT2D eigenvalue weighted by molar-refractivity contribution is 5.38. The van der Waals surface area contributed by atoms with Crippen LogP contribution < -0.4 is 10.1 Å². The molecule has 4 heteroatoms.